The third-order valence-electron chi connectivity index (χ3n) is 4.74. The normalized spacial score (nSPS) is 15.9. The first-order valence-corrected chi connectivity index (χ1v) is 9.15. The van der Waals surface area contributed by atoms with E-state index in [1.807, 2.05) is 18.2 Å². The first kappa shape index (κ1) is 18.8. The molecule has 1 fully saturated rings. The molecule has 8 nitrogen and oxygen atoms in total. The second-order valence-corrected chi connectivity index (χ2v) is 6.64. The van der Waals surface area contributed by atoms with Crippen LogP contribution in [0.25, 0.3) is 11.1 Å². The van der Waals surface area contributed by atoms with Crippen molar-refractivity contribution in [2.75, 3.05) is 20.8 Å². The largest absolute Gasteiger partial charge is 0.493 e. The van der Waals surface area contributed by atoms with Gasteiger partial charge in [0.25, 0.3) is 5.91 Å². The van der Waals surface area contributed by atoms with Gasteiger partial charge in [0, 0.05) is 18.4 Å². The fourth-order valence-corrected chi connectivity index (χ4v) is 3.22. The van der Waals surface area contributed by atoms with Gasteiger partial charge < -0.3 is 23.9 Å². The van der Waals surface area contributed by atoms with Gasteiger partial charge in [-0.3, -0.25) is 4.79 Å². The fourth-order valence-electron chi connectivity index (χ4n) is 3.22. The van der Waals surface area contributed by atoms with Gasteiger partial charge in [0.05, 0.1) is 20.8 Å². The molecule has 1 N–H and O–H groups in total. The second kappa shape index (κ2) is 7.83. The molecule has 4 rings (SSSR count). The van der Waals surface area contributed by atoms with Crippen molar-refractivity contribution in [3.8, 4) is 11.5 Å². The fraction of sp³-hybridized carbons (Fsp3) is 0.286. The Hall–Kier alpha value is -3.55. The predicted molar refractivity (Wildman–Crippen MR) is 103 cm³/mol. The highest BCUT2D eigenvalue weighted by molar-refractivity contribution is 5.99. The van der Waals surface area contributed by atoms with E-state index in [0.717, 1.165) is 5.56 Å². The number of carbonyl (C=O) groups excluding carboxylic acids is 2. The Kier molecular flexibility index (Phi) is 5.07. The number of rotatable bonds is 6. The number of cyclic esters (lactones) is 1. The SMILES string of the molecule is COc1ccc(Cc2nc3ccc(C(=O)NC4CCOC4=O)cc3o2)cc1OC. The van der Waals surface area contributed by atoms with Crippen LogP contribution in [0.3, 0.4) is 0 Å². The third kappa shape index (κ3) is 3.87. The van der Waals surface area contributed by atoms with Crippen LogP contribution in [0.4, 0.5) is 0 Å². The summed E-state index contributed by atoms with van der Waals surface area (Å²) in [5.41, 5.74) is 2.50. The highest BCUT2D eigenvalue weighted by Gasteiger charge is 2.28. The number of hydrogen-bond donors (Lipinski definition) is 1. The van der Waals surface area contributed by atoms with Crippen molar-refractivity contribution in [1.82, 2.24) is 10.3 Å². The molecular weight excluding hydrogens is 376 g/mol. The van der Waals surface area contributed by atoms with Gasteiger partial charge in [0.2, 0.25) is 0 Å². The first-order chi connectivity index (χ1) is 14.1. The van der Waals surface area contributed by atoms with Gasteiger partial charge >= 0.3 is 5.97 Å². The monoisotopic (exact) mass is 396 g/mol. The Morgan fingerprint density at radius 1 is 1.17 bits per heavy atom. The van der Waals surface area contributed by atoms with E-state index in [2.05, 4.69) is 10.3 Å². The van der Waals surface area contributed by atoms with Crippen LogP contribution in [0.15, 0.2) is 40.8 Å². The summed E-state index contributed by atoms with van der Waals surface area (Å²) in [6.07, 6.45) is 0.940. The van der Waals surface area contributed by atoms with E-state index in [0.29, 0.717) is 53.5 Å². The molecule has 0 bridgehead atoms. The Morgan fingerprint density at radius 3 is 2.72 bits per heavy atom. The highest BCUT2D eigenvalue weighted by Crippen LogP contribution is 2.29. The Balaban J connectivity index is 1.52. The van der Waals surface area contributed by atoms with Gasteiger partial charge in [-0.2, -0.15) is 0 Å². The summed E-state index contributed by atoms with van der Waals surface area (Å²) in [5.74, 6) is 1.04. The molecule has 1 aliphatic rings. The number of oxazole rings is 1. The Labute approximate surface area is 166 Å². The Bertz CT molecular complexity index is 1070. The predicted octanol–water partition coefficient (Wildman–Crippen LogP) is 2.48. The summed E-state index contributed by atoms with van der Waals surface area (Å²) < 4.78 is 21.3. The minimum absolute atomic E-state index is 0.324. The molecule has 0 aliphatic carbocycles. The summed E-state index contributed by atoms with van der Waals surface area (Å²) in [5, 5.41) is 2.68. The van der Waals surface area contributed by atoms with Crippen LogP contribution in [0.1, 0.15) is 28.2 Å². The standard InChI is InChI=1S/C21H20N2O6/c1-26-16-6-3-12(9-18(16)27-2)10-19-22-14-5-4-13(11-17(14)29-19)20(24)23-15-7-8-28-21(15)25/h3-6,9,11,15H,7-8,10H2,1-2H3,(H,23,24). The Morgan fingerprint density at radius 2 is 2.00 bits per heavy atom. The maximum Gasteiger partial charge on any atom is 0.328 e. The van der Waals surface area contributed by atoms with Crippen LogP contribution in [0.2, 0.25) is 0 Å². The number of amides is 1. The molecule has 1 atom stereocenters. The van der Waals surface area contributed by atoms with Crippen molar-refractivity contribution in [1.29, 1.82) is 0 Å². The van der Waals surface area contributed by atoms with E-state index >= 15 is 0 Å². The maximum atomic E-state index is 12.4. The van der Waals surface area contributed by atoms with E-state index in [1.54, 1.807) is 32.4 Å². The smallest absolute Gasteiger partial charge is 0.328 e. The molecule has 1 aliphatic heterocycles. The highest BCUT2D eigenvalue weighted by atomic mass is 16.5. The summed E-state index contributed by atoms with van der Waals surface area (Å²) in [4.78, 5) is 28.4. The minimum Gasteiger partial charge on any atom is -0.493 e. The van der Waals surface area contributed by atoms with Gasteiger partial charge in [-0.15, -0.1) is 0 Å². The molecule has 0 spiro atoms. The van der Waals surface area contributed by atoms with Gasteiger partial charge in [-0.05, 0) is 35.9 Å². The first-order valence-electron chi connectivity index (χ1n) is 9.15. The van der Waals surface area contributed by atoms with Crippen LogP contribution in [-0.4, -0.2) is 43.7 Å². The molecule has 150 valence electrons. The van der Waals surface area contributed by atoms with Crippen molar-refractivity contribution in [2.24, 2.45) is 0 Å². The lowest BCUT2D eigenvalue weighted by Crippen LogP contribution is -2.37. The number of fused-ring (bicyclic) bond motifs is 1. The molecule has 3 aromatic rings. The van der Waals surface area contributed by atoms with E-state index < -0.39 is 12.0 Å². The zero-order chi connectivity index (χ0) is 20.4. The quantitative estimate of drug-likeness (QED) is 0.639. The molecule has 1 unspecified atom stereocenters. The van der Waals surface area contributed by atoms with Crippen LogP contribution >= 0.6 is 0 Å². The van der Waals surface area contributed by atoms with Crippen LogP contribution in [-0.2, 0) is 16.0 Å². The summed E-state index contributed by atoms with van der Waals surface area (Å²) in [6.45, 7) is 0.324. The number of nitrogens with one attached hydrogen (secondary N) is 1. The number of aromatic nitrogens is 1. The lowest BCUT2D eigenvalue weighted by atomic mass is 10.1. The number of esters is 1. The van der Waals surface area contributed by atoms with Crippen molar-refractivity contribution in [3.63, 3.8) is 0 Å². The number of ether oxygens (including phenoxy) is 3. The van der Waals surface area contributed by atoms with Crippen LogP contribution in [0, 0.1) is 0 Å². The van der Waals surface area contributed by atoms with E-state index in [4.69, 9.17) is 18.6 Å². The minimum atomic E-state index is -0.603. The molecule has 1 amide bonds. The molecule has 1 aromatic heterocycles. The average Bonchev–Trinajstić information content (AvgIpc) is 3.32. The molecule has 8 heteroatoms. The second-order valence-electron chi connectivity index (χ2n) is 6.64. The topological polar surface area (TPSA) is 99.9 Å². The molecule has 2 aromatic carbocycles. The van der Waals surface area contributed by atoms with Crippen molar-refractivity contribution in [2.45, 2.75) is 18.9 Å². The number of benzene rings is 2. The summed E-state index contributed by atoms with van der Waals surface area (Å²) in [7, 11) is 3.17. The molecule has 29 heavy (non-hydrogen) atoms. The van der Waals surface area contributed by atoms with Gasteiger partial charge in [0.15, 0.2) is 23.0 Å². The number of carbonyl (C=O) groups is 2. The zero-order valence-corrected chi connectivity index (χ0v) is 16.1. The lowest BCUT2D eigenvalue weighted by Gasteiger charge is -2.08. The summed E-state index contributed by atoms with van der Waals surface area (Å²) in [6, 6.07) is 10.00. The van der Waals surface area contributed by atoms with Crippen LogP contribution < -0.4 is 14.8 Å². The molecule has 0 radical (unpaired) electrons. The van der Waals surface area contributed by atoms with E-state index in [-0.39, 0.29) is 5.91 Å². The number of nitrogens with zero attached hydrogens (tertiary/aromatic N) is 1. The van der Waals surface area contributed by atoms with Gasteiger partial charge in [0.1, 0.15) is 11.6 Å². The van der Waals surface area contributed by atoms with Crippen molar-refractivity contribution in [3.05, 3.63) is 53.4 Å². The lowest BCUT2D eigenvalue weighted by molar-refractivity contribution is -0.139. The number of hydrogen-bond acceptors (Lipinski definition) is 7. The van der Waals surface area contributed by atoms with Crippen molar-refractivity contribution < 1.29 is 28.2 Å². The molecule has 1 saturated heterocycles. The maximum absolute atomic E-state index is 12.4. The average molecular weight is 396 g/mol. The van der Waals surface area contributed by atoms with Gasteiger partial charge in [-0.25, -0.2) is 9.78 Å². The van der Waals surface area contributed by atoms with E-state index in [9.17, 15) is 9.59 Å². The zero-order valence-electron chi connectivity index (χ0n) is 16.1. The van der Waals surface area contributed by atoms with Crippen molar-refractivity contribution >= 4 is 23.0 Å². The van der Waals surface area contributed by atoms with E-state index in [1.165, 1.54) is 0 Å². The molecule has 2 heterocycles. The van der Waals surface area contributed by atoms with Gasteiger partial charge in [-0.1, -0.05) is 6.07 Å². The molecular formula is C21H20N2O6. The number of methoxy groups -OCH3 is 2. The summed E-state index contributed by atoms with van der Waals surface area (Å²) >= 11 is 0. The van der Waals surface area contributed by atoms with Crippen LogP contribution in [0.5, 0.6) is 11.5 Å². The molecule has 0 saturated carbocycles. The third-order valence-corrected chi connectivity index (χ3v) is 4.74.